The van der Waals surface area contributed by atoms with Crippen LogP contribution in [-0.4, -0.2) is 35.7 Å². The molecule has 0 saturated carbocycles. The number of pyridine rings is 1. The van der Waals surface area contributed by atoms with E-state index in [4.69, 9.17) is 16.3 Å². The molecule has 3 rings (SSSR count). The molecule has 2 amide bonds. The summed E-state index contributed by atoms with van der Waals surface area (Å²) in [5.41, 5.74) is 0.811. The second-order valence-corrected chi connectivity index (χ2v) is 7.92. The van der Waals surface area contributed by atoms with Gasteiger partial charge in [-0.05, 0) is 45.9 Å². The molecule has 8 heteroatoms. The molecule has 0 aliphatic carbocycles. The molecule has 0 radical (unpaired) electrons. The lowest BCUT2D eigenvalue weighted by molar-refractivity contribution is 0.00695. The summed E-state index contributed by atoms with van der Waals surface area (Å²) in [6, 6.07) is 7.41. The third kappa shape index (κ3) is 5.27. The van der Waals surface area contributed by atoms with E-state index >= 15 is 0 Å². The van der Waals surface area contributed by atoms with Crippen LogP contribution >= 0.6 is 11.6 Å². The van der Waals surface area contributed by atoms with Crippen molar-refractivity contribution in [1.82, 2.24) is 4.98 Å². The number of hydrogen-bond acceptors (Lipinski definition) is 4. The molecule has 0 atom stereocenters. The molecule has 6 nitrogen and oxygen atoms in total. The first kappa shape index (κ1) is 23.6. The Balaban J connectivity index is 0.00000155. The molecule has 162 valence electrons. The fourth-order valence-corrected chi connectivity index (χ4v) is 3.09. The van der Waals surface area contributed by atoms with Crippen molar-refractivity contribution >= 4 is 35.1 Å². The number of hydrogen-bond donors (Lipinski definition) is 0. The van der Waals surface area contributed by atoms with Crippen molar-refractivity contribution in [3.63, 3.8) is 0 Å². The number of urea groups is 1. The van der Waals surface area contributed by atoms with Gasteiger partial charge in [0.05, 0.1) is 10.6 Å². The zero-order valence-corrected chi connectivity index (χ0v) is 18.9. The normalized spacial score (nSPS) is 13.8. The summed E-state index contributed by atoms with van der Waals surface area (Å²) in [4.78, 5) is 32.0. The van der Waals surface area contributed by atoms with E-state index in [0.29, 0.717) is 29.9 Å². The number of halogens is 2. The molecule has 1 aliphatic heterocycles. The summed E-state index contributed by atoms with van der Waals surface area (Å²) in [6.45, 7) is 11.7. The summed E-state index contributed by atoms with van der Waals surface area (Å²) in [6.07, 6.45) is 0. The first-order chi connectivity index (χ1) is 14.1. The summed E-state index contributed by atoms with van der Waals surface area (Å²) in [5.74, 6) is -1.02. The molecule has 1 aliphatic rings. The predicted molar refractivity (Wildman–Crippen MR) is 117 cm³/mol. The fourth-order valence-electron chi connectivity index (χ4n) is 2.91. The topological polar surface area (TPSA) is 62.7 Å². The van der Waals surface area contributed by atoms with Crippen LogP contribution in [0.4, 0.5) is 20.7 Å². The molecule has 0 unspecified atom stereocenters. The van der Waals surface area contributed by atoms with Gasteiger partial charge in [-0.1, -0.05) is 31.5 Å². The number of nitrogens with zero attached hydrogens (tertiary/aromatic N) is 3. The van der Waals surface area contributed by atoms with Gasteiger partial charge in [-0.25, -0.2) is 14.6 Å². The van der Waals surface area contributed by atoms with Gasteiger partial charge in [0.15, 0.2) is 0 Å². The van der Waals surface area contributed by atoms with Crippen molar-refractivity contribution < 1.29 is 18.7 Å². The Labute approximate surface area is 181 Å². The minimum atomic E-state index is -0.747. The van der Waals surface area contributed by atoms with E-state index in [-0.39, 0.29) is 16.9 Å². The van der Waals surface area contributed by atoms with E-state index in [1.165, 1.54) is 9.80 Å². The van der Waals surface area contributed by atoms with Crippen LogP contribution < -0.4 is 9.80 Å². The van der Waals surface area contributed by atoms with Crippen LogP contribution in [0.25, 0.3) is 0 Å². The van der Waals surface area contributed by atoms with Gasteiger partial charge in [0.1, 0.15) is 11.4 Å². The monoisotopic (exact) mass is 435 g/mol. The summed E-state index contributed by atoms with van der Waals surface area (Å²) >= 11 is 6.02. The lowest BCUT2D eigenvalue weighted by atomic mass is 10.1. The van der Waals surface area contributed by atoms with Crippen molar-refractivity contribution in [3.05, 3.63) is 52.4 Å². The van der Waals surface area contributed by atoms with E-state index in [9.17, 15) is 14.0 Å². The van der Waals surface area contributed by atoms with Gasteiger partial charge in [-0.3, -0.25) is 9.80 Å². The van der Waals surface area contributed by atoms with Crippen LogP contribution in [-0.2, 0) is 4.74 Å². The van der Waals surface area contributed by atoms with Gasteiger partial charge in [-0.2, -0.15) is 4.39 Å². The number of rotatable bonds is 3. The second-order valence-electron chi connectivity index (χ2n) is 7.51. The molecule has 1 aromatic heterocycles. The molecule has 1 aromatic carbocycles. The molecule has 30 heavy (non-hydrogen) atoms. The first-order valence-electron chi connectivity index (χ1n) is 9.82. The zero-order valence-electron chi connectivity index (χ0n) is 18.1. The van der Waals surface area contributed by atoms with Gasteiger partial charge < -0.3 is 4.74 Å². The molecule has 0 bridgehead atoms. The Hall–Kier alpha value is -2.67. The number of aromatic nitrogens is 1. The Morgan fingerprint density at radius 1 is 1.17 bits per heavy atom. The smallest absolute Gasteiger partial charge is 0.338 e. The minimum Gasteiger partial charge on any atom is -0.456 e. The molecule has 2 aromatic rings. The van der Waals surface area contributed by atoms with E-state index < -0.39 is 17.5 Å². The van der Waals surface area contributed by atoms with Crippen molar-refractivity contribution in [2.45, 2.75) is 47.1 Å². The molecule has 0 N–H and O–H groups in total. The van der Waals surface area contributed by atoms with E-state index in [2.05, 4.69) is 4.98 Å². The molecule has 0 spiro atoms. The quantitative estimate of drug-likeness (QED) is 0.464. The van der Waals surface area contributed by atoms with Crippen LogP contribution in [0.15, 0.2) is 30.3 Å². The number of esters is 1. The lowest BCUT2D eigenvalue weighted by Crippen LogP contribution is -2.33. The Morgan fingerprint density at radius 3 is 2.43 bits per heavy atom. The number of anilines is 2. The number of benzene rings is 1. The van der Waals surface area contributed by atoms with E-state index in [1.54, 1.807) is 52.0 Å². The number of ether oxygens (including phenoxy) is 1. The molecular formula is C22H27ClFN3O3. The average Bonchev–Trinajstić information content (AvgIpc) is 3.06. The van der Waals surface area contributed by atoms with Gasteiger partial charge in [0.2, 0.25) is 5.95 Å². The highest BCUT2D eigenvalue weighted by molar-refractivity contribution is 6.31. The minimum absolute atomic E-state index is 0.195. The van der Waals surface area contributed by atoms with Crippen LogP contribution in [0.5, 0.6) is 0 Å². The zero-order chi connectivity index (χ0) is 22.6. The Bertz CT molecular complexity index is 944. The number of carbonyl (C=O) groups is 2. The van der Waals surface area contributed by atoms with Crippen LogP contribution in [0.1, 0.15) is 50.5 Å². The molecule has 1 fully saturated rings. The van der Waals surface area contributed by atoms with Crippen molar-refractivity contribution in [2.75, 3.05) is 22.9 Å². The average molecular weight is 436 g/mol. The van der Waals surface area contributed by atoms with Crippen molar-refractivity contribution in [3.8, 4) is 0 Å². The first-order valence-corrected chi connectivity index (χ1v) is 10.2. The summed E-state index contributed by atoms with van der Waals surface area (Å²) < 4.78 is 19.1. The third-order valence-electron chi connectivity index (χ3n) is 4.21. The molecule has 1 saturated heterocycles. The highest BCUT2D eigenvalue weighted by atomic mass is 35.5. The lowest BCUT2D eigenvalue weighted by Gasteiger charge is -2.21. The maximum Gasteiger partial charge on any atom is 0.338 e. The van der Waals surface area contributed by atoms with Gasteiger partial charge in [0, 0.05) is 30.4 Å². The SMILES string of the molecule is CC.Cc1c(Cl)cc(F)nc1N1CCN(c2cccc(C(=O)OC(C)(C)C)c2)C1=O. The van der Waals surface area contributed by atoms with Gasteiger partial charge >= 0.3 is 12.0 Å². The molecular weight excluding hydrogens is 409 g/mol. The second kappa shape index (κ2) is 9.43. The largest absolute Gasteiger partial charge is 0.456 e. The maximum absolute atomic E-state index is 13.7. The van der Waals surface area contributed by atoms with Crippen LogP contribution in [0, 0.1) is 12.9 Å². The number of carbonyl (C=O) groups excluding carboxylic acids is 2. The third-order valence-corrected chi connectivity index (χ3v) is 4.60. The predicted octanol–water partition coefficient (Wildman–Crippen LogP) is 5.61. The molecule has 2 heterocycles. The summed E-state index contributed by atoms with van der Waals surface area (Å²) in [7, 11) is 0. The Morgan fingerprint density at radius 2 is 1.80 bits per heavy atom. The van der Waals surface area contributed by atoms with E-state index in [1.807, 2.05) is 13.8 Å². The van der Waals surface area contributed by atoms with Gasteiger partial charge in [-0.15, -0.1) is 0 Å². The van der Waals surface area contributed by atoms with Crippen LogP contribution in [0.3, 0.4) is 0 Å². The van der Waals surface area contributed by atoms with Crippen molar-refractivity contribution in [2.24, 2.45) is 0 Å². The standard InChI is InChI=1S/C20H21ClFN3O3.C2H6/c1-12-15(21)11-16(22)23-17(12)25-9-8-24(19(25)27)14-7-5-6-13(10-14)18(26)28-20(2,3)4;1-2/h5-7,10-11H,8-9H2,1-4H3;1-2H3. The fraction of sp³-hybridized carbons (Fsp3) is 0.409. The highest BCUT2D eigenvalue weighted by Crippen LogP contribution is 2.30. The van der Waals surface area contributed by atoms with Crippen molar-refractivity contribution in [1.29, 1.82) is 0 Å². The van der Waals surface area contributed by atoms with Gasteiger partial charge in [0.25, 0.3) is 0 Å². The highest BCUT2D eigenvalue weighted by Gasteiger charge is 2.33. The maximum atomic E-state index is 13.7. The van der Waals surface area contributed by atoms with Crippen LogP contribution in [0.2, 0.25) is 5.02 Å². The Kier molecular flexibility index (Phi) is 7.42. The number of amides is 2. The van der Waals surface area contributed by atoms with E-state index in [0.717, 1.165) is 6.07 Å². The summed E-state index contributed by atoms with van der Waals surface area (Å²) in [5, 5.41) is 0.209.